The van der Waals surface area contributed by atoms with Crippen molar-refractivity contribution in [3.05, 3.63) is 35.9 Å². The van der Waals surface area contributed by atoms with Crippen LogP contribution in [0, 0.1) is 10.7 Å². The van der Waals surface area contributed by atoms with E-state index < -0.39 is 0 Å². The molecule has 0 aliphatic heterocycles. The van der Waals surface area contributed by atoms with Gasteiger partial charge in [0.1, 0.15) is 11.5 Å². The van der Waals surface area contributed by atoms with E-state index in [1.54, 1.807) is 0 Å². The molecule has 0 amide bonds. The lowest BCUT2D eigenvalue weighted by Gasteiger charge is -2.15. The van der Waals surface area contributed by atoms with Gasteiger partial charge in [-0.1, -0.05) is 30.3 Å². The Kier molecular flexibility index (Phi) is 5.44. The molecule has 0 heterocycles. The molecule has 1 atom stereocenters. The molecule has 0 aliphatic carbocycles. The largest absolute Gasteiger partial charge is 0.461 e. The number of esters is 1. The van der Waals surface area contributed by atoms with Crippen LogP contribution in [0.25, 0.3) is 0 Å². The molecule has 4 heteroatoms. The first-order valence-corrected chi connectivity index (χ1v) is 5.93. The monoisotopic (exact) mass is 235 g/mol. The number of benzene rings is 1. The first-order valence-electron chi connectivity index (χ1n) is 4.94. The number of ether oxygens (including phenoxy) is 1. The number of carbonyl (C=O) groups is 1. The van der Waals surface area contributed by atoms with E-state index in [0.29, 0.717) is 12.2 Å². The average molecular weight is 235 g/mol. The predicted molar refractivity (Wildman–Crippen MR) is 63.8 cm³/mol. The van der Waals surface area contributed by atoms with Crippen molar-refractivity contribution >= 4 is 17.7 Å². The van der Waals surface area contributed by atoms with E-state index in [9.17, 15) is 4.79 Å². The Morgan fingerprint density at radius 1 is 1.50 bits per heavy atom. The predicted octanol–water partition coefficient (Wildman–Crippen LogP) is 2.38. The summed E-state index contributed by atoms with van der Waals surface area (Å²) < 4.78 is 5.15. The second-order valence-corrected chi connectivity index (χ2v) is 4.13. The van der Waals surface area contributed by atoms with E-state index in [1.807, 2.05) is 35.7 Å². The van der Waals surface area contributed by atoms with Crippen molar-refractivity contribution in [2.24, 2.45) is 0 Å². The van der Waals surface area contributed by atoms with Gasteiger partial charge in [0.05, 0.1) is 0 Å². The molecule has 1 aromatic rings. The van der Waals surface area contributed by atoms with Gasteiger partial charge >= 0.3 is 5.97 Å². The van der Waals surface area contributed by atoms with E-state index in [4.69, 9.17) is 10.00 Å². The van der Waals surface area contributed by atoms with Crippen LogP contribution in [-0.4, -0.2) is 17.8 Å². The summed E-state index contributed by atoms with van der Waals surface area (Å²) in [6.45, 7) is 1.38. The fourth-order valence-electron chi connectivity index (χ4n) is 1.38. The number of hydrogen-bond donors (Lipinski definition) is 0. The van der Waals surface area contributed by atoms with Crippen LogP contribution < -0.4 is 0 Å². The van der Waals surface area contributed by atoms with E-state index >= 15 is 0 Å². The van der Waals surface area contributed by atoms with Crippen LogP contribution in [0.5, 0.6) is 0 Å². The van der Waals surface area contributed by atoms with Gasteiger partial charge in [0.25, 0.3) is 0 Å². The second-order valence-electron chi connectivity index (χ2n) is 3.32. The molecule has 1 aromatic carbocycles. The molecule has 3 nitrogen and oxygen atoms in total. The van der Waals surface area contributed by atoms with Crippen molar-refractivity contribution in [2.75, 3.05) is 5.75 Å². The zero-order chi connectivity index (χ0) is 11.8. The summed E-state index contributed by atoms with van der Waals surface area (Å²) >= 11 is 1.11. The van der Waals surface area contributed by atoms with Crippen LogP contribution in [0.1, 0.15) is 12.5 Å². The highest BCUT2D eigenvalue weighted by Crippen LogP contribution is 2.11. The van der Waals surface area contributed by atoms with Crippen LogP contribution >= 0.6 is 11.8 Å². The fraction of sp³-hybridized carbons (Fsp3) is 0.333. The lowest BCUT2D eigenvalue weighted by atomic mass is 10.1. The van der Waals surface area contributed by atoms with Crippen LogP contribution in [0.3, 0.4) is 0 Å². The summed E-state index contributed by atoms with van der Waals surface area (Å²) in [6.07, 6.45) is 0.416. The number of rotatable bonds is 5. The SMILES string of the molecule is CC(=O)OC(CSC#N)Cc1ccccc1. The number of thiocyanates is 1. The Balaban J connectivity index is 2.56. The maximum atomic E-state index is 10.9. The van der Waals surface area contributed by atoms with Crippen molar-refractivity contribution in [1.82, 2.24) is 0 Å². The van der Waals surface area contributed by atoms with Crippen LogP contribution in [0.15, 0.2) is 30.3 Å². The molecule has 0 N–H and O–H groups in total. The standard InChI is InChI=1S/C12H13NO2S/c1-10(14)15-12(8-16-9-13)7-11-5-3-2-4-6-11/h2-6,12H,7-8H2,1H3. The first kappa shape index (κ1) is 12.6. The van der Waals surface area contributed by atoms with Gasteiger partial charge < -0.3 is 4.74 Å². The summed E-state index contributed by atoms with van der Waals surface area (Å²) in [5, 5.41) is 10.5. The number of carbonyl (C=O) groups excluding carboxylic acids is 1. The molecule has 84 valence electrons. The minimum atomic E-state index is -0.306. The van der Waals surface area contributed by atoms with E-state index in [-0.39, 0.29) is 12.1 Å². The number of hydrogen-bond acceptors (Lipinski definition) is 4. The first-order chi connectivity index (χ1) is 7.72. The molecule has 0 aromatic heterocycles. The summed E-state index contributed by atoms with van der Waals surface area (Å²) in [6, 6.07) is 9.78. The Morgan fingerprint density at radius 2 is 2.19 bits per heavy atom. The topological polar surface area (TPSA) is 50.1 Å². The Labute approximate surface area is 99.4 Å². The normalized spacial score (nSPS) is 11.5. The van der Waals surface area contributed by atoms with Gasteiger partial charge in [-0.3, -0.25) is 4.79 Å². The van der Waals surface area contributed by atoms with Gasteiger partial charge in [0.15, 0.2) is 0 Å². The number of nitrogens with zero attached hydrogens (tertiary/aromatic N) is 1. The summed E-state index contributed by atoms with van der Waals surface area (Å²) in [5.74, 6) is 0.199. The maximum Gasteiger partial charge on any atom is 0.302 e. The van der Waals surface area contributed by atoms with E-state index in [1.165, 1.54) is 6.92 Å². The highest BCUT2D eigenvalue weighted by Gasteiger charge is 2.12. The minimum absolute atomic E-state index is 0.232. The van der Waals surface area contributed by atoms with Gasteiger partial charge in [0, 0.05) is 19.1 Å². The second kappa shape index (κ2) is 6.91. The zero-order valence-electron chi connectivity index (χ0n) is 9.05. The molecular formula is C12H13NO2S. The molecule has 0 fully saturated rings. The molecule has 0 aliphatic rings. The highest BCUT2D eigenvalue weighted by molar-refractivity contribution is 8.03. The van der Waals surface area contributed by atoms with Crippen molar-refractivity contribution in [3.8, 4) is 5.40 Å². The van der Waals surface area contributed by atoms with Gasteiger partial charge in [-0.15, -0.1) is 0 Å². The maximum absolute atomic E-state index is 10.9. The molecule has 1 unspecified atom stereocenters. The smallest absolute Gasteiger partial charge is 0.302 e. The van der Waals surface area contributed by atoms with Gasteiger partial charge in [-0.2, -0.15) is 5.26 Å². The molecule has 16 heavy (non-hydrogen) atoms. The Bertz CT molecular complexity index is 372. The third kappa shape index (κ3) is 4.85. The highest BCUT2D eigenvalue weighted by atomic mass is 32.2. The zero-order valence-corrected chi connectivity index (χ0v) is 9.87. The van der Waals surface area contributed by atoms with Crippen LogP contribution in [-0.2, 0) is 16.0 Å². The third-order valence-corrected chi connectivity index (χ3v) is 2.64. The molecule has 0 spiro atoms. The summed E-state index contributed by atoms with van der Waals surface area (Å²) in [7, 11) is 0. The summed E-state index contributed by atoms with van der Waals surface area (Å²) in [4.78, 5) is 10.9. The average Bonchev–Trinajstić information content (AvgIpc) is 2.26. The van der Waals surface area contributed by atoms with Crippen molar-refractivity contribution in [1.29, 1.82) is 5.26 Å². The fourth-order valence-corrected chi connectivity index (χ4v) is 1.82. The van der Waals surface area contributed by atoms with Crippen molar-refractivity contribution in [3.63, 3.8) is 0 Å². The van der Waals surface area contributed by atoms with E-state index in [2.05, 4.69) is 0 Å². The molecule has 0 saturated heterocycles. The third-order valence-electron chi connectivity index (χ3n) is 1.97. The van der Waals surface area contributed by atoms with Crippen LogP contribution in [0.2, 0.25) is 0 Å². The number of thioether (sulfide) groups is 1. The molecular weight excluding hydrogens is 222 g/mol. The minimum Gasteiger partial charge on any atom is -0.461 e. The summed E-state index contributed by atoms with van der Waals surface area (Å²) in [5.41, 5.74) is 1.10. The van der Waals surface area contributed by atoms with Gasteiger partial charge in [-0.25, -0.2) is 0 Å². The quantitative estimate of drug-likeness (QED) is 0.580. The molecule has 0 saturated carbocycles. The molecule has 0 radical (unpaired) electrons. The number of nitriles is 1. The Morgan fingerprint density at radius 3 is 2.75 bits per heavy atom. The lowest BCUT2D eigenvalue weighted by Crippen LogP contribution is -2.21. The van der Waals surface area contributed by atoms with Crippen molar-refractivity contribution < 1.29 is 9.53 Å². The van der Waals surface area contributed by atoms with Crippen molar-refractivity contribution in [2.45, 2.75) is 19.4 Å². The van der Waals surface area contributed by atoms with E-state index in [0.717, 1.165) is 17.3 Å². The van der Waals surface area contributed by atoms with Crippen LogP contribution in [0.4, 0.5) is 0 Å². The lowest BCUT2D eigenvalue weighted by molar-refractivity contribution is -0.145. The molecule has 0 bridgehead atoms. The Hall–Kier alpha value is -1.47. The molecule has 1 rings (SSSR count). The van der Waals surface area contributed by atoms with Gasteiger partial charge in [0.2, 0.25) is 0 Å². The van der Waals surface area contributed by atoms with Gasteiger partial charge in [-0.05, 0) is 17.3 Å².